The molecule has 1 aromatic rings. The third-order valence-electron chi connectivity index (χ3n) is 1.56. The molecule has 76 valence electrons. The van der Waals surface area contributed by atoms with Gasteiger partial charge in [0.05, 0.1) is 11.8 Å². The molecule has 1 N–H and O–H groups in total. The highest BCUT2D eigenvalue weighted by Crippen LogP contribution is 2.00. The zero-order valence-corrected chi connectivity index (χ0v) is 9.05. The molecule has 0 aliphatic rings. The van der Waals surface area contributed by atoms with Crippen LogP contribution in [0.5, 0.6) is 0 Å². The van der Waals surface area contributed by atoms with Gasteiger partial charge in [0.25, 0.3) is 5.91 Å². The van der Waals surface area contributed by atoms with Crippen molar-refractivity contribution >= 4 is 21.8 Å². The zero-order valence-electron chi connectivity index (χ0n) is 7.46. The third-order valence-corrected chi connectivity index (χ3v) is 2.12. The molecule has 0 bridgehead atoms. The van der Waals surface area contributed by atoms with Crippen LogP contribution in [0.15, 0.2) is 18.5 Å². The molecule has 3 nitrogen and oxygen atoms in total. The summed E-state index contributed by atoms with van der Waals surface area (Å²) in [4.78, 5) is 14.9. The van der Waals surface area contributed by atoms with E-state index in [1.54, 1.807) is 0 Å². The first kappa shape index (κ1) is 11.1. The quantitative estimate of drug-likeness (QED) is 0.662. The molecule has 0 fully saturated rings. The molecule has 1 heterocycles. The fourth-order valence-corrected chi connectivity index (χ4v) is 1.19. The van der Waals surface area contributed by atoms with Crippen molar-refractivity contribution in [3.8, 4) is 0 Å². The van der Waals surface area contributed by atoms with Crippen molar-refractivity contribution in [2.45, 2.75) is 6.42 Å². The minimum atomic E-state index is -0.502. The minimum Gasteiger partial charge on any atom is -0.352 e. The lowest BCUT2D eigenvalue weighted by Gasteiger charge is -2.02. The maximum Gasteiger partial charge on any atom is 0.252 e. The average molecular weight is 261 g/mol. The highest BCUT2D eigenvalue weighted by Gasteiger charge is 2.05. The van der Waals surface area contributed by atoms with Gasteiger partial charge in [0.2, 0.25) is 0 Å². The van der Waals surface area contributed by atoms with E-state index in [0.29, 0.717) is 6.54 Å². The van der Waals surface area contributed by atoms with Crippen LogP contribution in [0.2, 0.25) is 0 Å². The number of nitrogens with zero attached hydrogens (tertiary/aromatic N) is 1. The van der Waals surface area contributed by atoms with Gasteiger partial charge in [-0.15, -0.1) is 0 Å². The van der Waals surface area contributed by atoms with E-state index in [1.807, 2.05) is 0 Å². The van der Waals surface area contributed by atoms with Crippen molar-refractivity contribution in [2.24, 2.45) is 0 Å². The molecule has 0 radical (unpaired) electrons. The SMILES string of the molecule is O=C(NCCCBr)c1cncc(F)c1. The third kappa shape index (κ3) is 3.41. The number of hydrogen-bond acceptors (Lipinski definition) is 2. The molecule has 1 amide bonds. The maximum atomic E-state index is 12.7. The fraction of sp³-hybridized carbons (Fsp3) is 0.333. The minimum absolute atomic E-state index is 0.250. The van der Waals surface area contributed by atoms with Crippen LogP contribution in [0.25, 0.3) is 0 Å². The molecule has 0 unspecified atom stereocenters. The molecule has 0 aliphatic carbocycles. The lowest BCUT2D eigenvalue weighted by Crippen LogP contribution is -2.24. The normalized spacial score (nSPS) is 9.86. The number of nitrogens with one attached hydrogen (secondary N) is 1. The Balaban J connectivity index is 2.52. The molecular formula is C9H10BrFN2O. The van der Waals surface area contributed by atoms with Crippen molar-refractivity contribution in [3.05, 3.63) is 29.8 Å². The lowest BCUT2D eigenvalue weighted by atomic mass is 10.2. The highest BCUT2D eigenvalue weighted by molar-refractivity contribution is 9.09. The number of amides is 1. The van der Waals surface area contributed by atoms with Crippen molar-refractivity contribution < 1.29 is 9.18 Å². The molecule has 1 aromatic heterocycles. The van der Waals surface area contributed by atoms with Gasteiger partial charge in [-0.1, -0.05) is 15.9 Å². The summed E-state index contributed by atoms with van der Waals surface area (Å²) in [7, 11) is 0. The summed E-state index contributed by atoms with van der Waals surface area (Å²) in [5, 5.41) is 3.48. The second kappa shape index (κ2) is 5.70. The number of alkyl halides is 1. The van der Waals surface area contributed by atoms with E-state index in [-0.39, 0.29) is 11.5 Å². The zero-order chi connectivity index (χ0) is 10.4. The van der Waals surface area contributed by atoms with Gasteiger partial charge in [0, 0.05) is 18.1 Å². The lowest BCUT2D eigenvalue weighted by molar-refractivity contribution is 0.0953. The summed E-state index contributed by atoms with van der Waals surface area (Å²) in [6, 6.07) is 1.16. The summed E-state index contributed by atoms with van der Waals surface area (Å²) in [5.41, 5.74) is 0.250. The van der Waals surface area contributed by atoms with Crippen LogP contribution >= 0.6 is 15.9 Å². The van der Waals surface area contributed by atoms with Gasteiger partial charge < -0.3 is 5.32 Å². The number of aromatic nitrogens is 1. The first-order valence-electron chi connectivity index (χ1n) is 4.19. The predicted octanol–water partition coefficient (Wildman–Crippen LogP) is 1.74. The Morgan fingerprint density at radius 3 is 3.00 bits per heavy atom. The summed E-state index contributed by atoms with van der Waals surface area (Å²) in [6.45, 7) is 0.570. The van der Waals surface area contributed by atoms with E-state index >= 15 is 0 Å². The molecule has 14 heavy (non-hydrogen) atoms. The van der Waals surface area contributed by atoms with E-state index in [4.69, 9.17) is 0 Å². The second-order valence-corrected chi connectivity index (χ2v) is 3.48. The van der Waals surface area contributed by atoms with E-state index in [0.717, 1.165) is 24.0 Å². The molecule has 0 atom stereocenters. The number of halogens is 2. The second-order valence-electron chi connectivity index (χ2n) is 2.69. The smallest absolute Gasteiger partial charge is 0.252 e. The van der Waals surface area contributed by atoms with Gasteiger partial charge >= 0.3 is 0 Å². The van der Waals surface area contributed by atoms with E-state index in [2.05, 4.69) is 26.2 Å². The Labute approximate surface area is 89.9 Å². The number of rotatable bonds is 4. The van der Waals surface area contributed by atoms with Crippen LogP contribution in [-0.4, -0.2) is 22.8 Å². The van der Waals surface area contributed by atoms with Crippen molar-refractivity contribution in [3.63, 3.8) is 0 Å². The Hall–Kier alpha value is -0.970. The topological polar surface area (TPSA) is 42.0 Å². The molecule has 0 aliphatic heterocycles. The predicted molar refractivity (Wildman–Crippen MR) is 54.9 cm³/mol. The molecule has 0 aromatic carbocycles. The summed E-state index contributed by atoms with van der Waals surface area (Å²) in [5.74, 6) is -0.795. The van der Waals surface area contributed by atoms with Gasteiger partial charge in [-0.05, 0) is 12.5 Å². The number of hydrogen-bond donors (Lipinski definition) is 1. The Morgan fingerprint density at radius 2 is 2.36 bits per heavy atom. The van der Waals surface area contributed by atoms with Crippen LogP contribution in [0, 0.1) is 5.82 Å². The molecule has 0 saturated carbocycles. The molecule has 0 saturated heterocycles. The van der Waals surface area contributed by atoms with Gasteiger partial charge in [-0.2, -0.15) is 0 Å². The van der Waals surface area contributed by atoms with Gasteiger partial charge in [0.1, 0.15) is 5.82 Å². The van der Waals surface area contributed by atoms with Crippen LogP contribution in [-0.2, 0) is 0 Å². The van der Waals surface area contributed by atoms with Gasteiger partial charge in [-0.3, -0.25) is 9.78 Å². The van der Waals surface area contributed by atoms with Crippen LogP contribution in [0.1, 0.15) is 16.8 Å². The molecule has 5 heteroatoms. The van der Waals surface area contributed by atoms with Crippen molar-refractivity contribution in [1.82, 2.24) is 10.3 Å². The Morgan fingerprint density at radius 1 is 1.57 bits per heavy atom. The maximum absolute atomic E-state index is 12.7. The first-order valence-corrected chi connectivity index (χ1v) is 5.31. The van der Waals surface area contributed by atoms with Gasteiger partial charge in [0.15, 0.2) is 0 Å². The Kier molecular flexibility index (Phi) is 4.52. The van der Waals surface area contributed by atoms with Gasteiger partial charge in [-0.25, -0.2) is 4.39 Å². The van der Waals surface area contributed by atoms with E-state index in [9.17, 15) is 9.18 Å². The summed E-state index contributed by atoms with van der Waals surface area (Å²) < 4.78 is 12.7. The van der Waals surface area contributed by atoms with Crippen LogP contribution in [0.4, 0.5) is 4.39 Å². The van der Waals surface area contributed by atoms with Crippen LogP contribution < -0.4 is 5.32 Å². The fourth-order valence-electron chi connectivity index (χ4n) is 0.907. The average Bonchev–Trinajstić information content (AvgIpc) is 2.18. The van der Waals surface area contributed by atoms with E-state index in [1.165, 1.54) is 6.20 Å². The molecular weight excluding hydrogens is 251 g/mol. The monoisotopic (exact) mass is 260 g/mol. The first-order chi connectivity index (χ1) is 6.74. The van der Waals surface area contributed by atoms with Crippen molar-refractivity contribution in [1.29, 1.82) is 0 Å². The van der Waals surface area contributed by atoms with Crippen LogP contribution in [0.3, 0.4) is 0 Å². The van der Waals surface area contributed by atoms with E-state index < -0.39 is 5.82 Å². The Bertz CT molecular complexity index is 319. The summed E-state index contributed by atoms with van der Waals surface area (Å²) >= 11 is 3.24. The largest absolute Gasteiger partial charge is 0.352 e. The number of carbonyl (C=O) groups excluding carboxylic acids is 1. The summed E-state index contributed by atoms with van der Waals surface area (Å²) in [6.07, 6.45) is 3.25. The molecule has 1 rings (SSSR count). The highest BCUT2D eigenvalue weighted by atomic mass is 79.9. The van der Waals surface area contributed by atoms with Crippen molar-refractivity contribution in [2.75, 3.05) is 11.9 Å². The number of pyridine rings is 1. The number of carbonyl (C=O) groups is 1. The standard InChI is InChI=1S/C9H10BrFN2O/c10-2-1-3-13-9(14)7-4-8(11)6-12-5-7/h4-6H,1-3H2,(H,13,14). The molecule has 0 spiro atoms.